The molecule has 26 heavy (non-hydrogen) atoms. The van der Waals surface area contributed by atoms with Gasteiger partial charge in [-0.25, -0.2) is 9.67 Å². The van der Waals surface area contributed by atoms with Crippen molar-refractivity contribution in [2.75, 3.05) is 5.32 Å². The van der Waals surface area contributed by atoms with E-state index in [2.05, 4.69) is 15.4 Å². The van der Waals surface area contributed by atoms with Crippen LogP contribution in [0, 0.1) is 13.8 Å². The molecule has 1 N–H and O–H groups in total. The summed E-state index contributed by atoms with van der Waals surface area (Å²) in [5.74, 6) is 1.26. The molecule has 0 aliphatic carbocycles. The highest BCUT2D eigenvalue weighted by Crippen LogP contribution is 2.16. The quantitative estimate of drug-likeness (QED) is 0.757. The molecule has 2 heterocycles. The molecule has 2 aromatic heterocycles. The average Bonchev–Trinajstić information content (AvgIpc) is 2.94. The lowest BCUT2D eigenvalue weighted by Crippen LogP contribution is -2.12. The van der Waals surface area contributed by atoms with Crippen molar-refractivity contribution in [3.63, 3.8) is 0 Å². The molecule has 6 heteroatoms. The number of carbonyl (C=O) groups excluding carboxylic acids is 1. The van der Waals surface area contributed by atoms with Crippen molar-refractivity contribution in [2.45, 2.75) is 33.8 Å². The summed E-state index contributed by atoms with van der Waals surface area (Å²) >= 11 is 0. The second kappa shape index (κ2) is 7.39. The normalized spacial score (nSPS) is 10.8. The Hall–Kier alpha value is -3.15. The number of anilines is 1. The number of ether oxygens (including phenoxy) is 1. The molecule has 0 aliphatic heterocycles. The smallest absolute Gasteiger partial charge is 0.255 e. The van der Waals surface area contributed by atoms with Gasteiger partial charge in [0.15, 0.2) is 5.82 Å². The van der Waals surface area contributed by atoms with Crippen molar-refractivity contribution in [1.82, 2.24) is 14.8 Å². The molecule has 134 valence electrons. The molecule has 1 amide bonds. The van der Waals surface area contributed by atoms with E-state index >= 15 is 0 Å². The zero-order valence-corrected chi connectivity index (χ0v) is 15.4. The monoisotopic (exact) mass is 350 g/mol. The van der Waals surface area contributed by atoms with Gasteiger partial charge in [-0.2, -0.15) is 5.10 Å². The maximum absolute atomic E-state index is 12.4. The number of hydrogen-bond acceptors (Lipinski definition) is 4. The van der Waals surface area contributed by atoms with Gasteiger partial charge in [-0.05, 0) is 70.2 Å². The first-order valence-corrected chi connectivity index (χ1v) is 8.50. The van der Waals surface area contributed by atoms with Gasteiger partial charge in [-0.3, -0.25) is 4.79 Å². The van der Waals surface area contributed by atoms with Crippen LogP contribution in [0.15, 0.2) is 48.7 Å². The third kappa shape index (κ3) is 4.08. The van der Waals surface area contributed by atoms with E-state index in [1.54, 1.807) is 35.1 Å². The van der Waals surface area contributed by atoms with E-state index in [0.717, 1.165) is 17.1 Å². The molecular formula is C20H22N4O2. The number of carbonyl (C=O) groups is 1. The topological polar surface area (TPSA) is 69.0 Å². The molecule has 0 fully saturated rings. The molecule has 0 saturated carbocycles. The van der Waals surface area contributed by atoms with Crippen LogP contribution >= 0.6 is 0 Å². The molecular weight excluding hydrogens is 328 g/mol. The predicted octanol–water partition coefficient (Wildman–Crippen LogP) is 3.92. The molecule has 6 nitrogen and oxygen atoms in total. The van der Waals surface area contributed by atoms with E-state index in [9.17, 15) is 4.79 Å². The van der Waals surface area contributed by atoms with Gasteiger partial charge in [0.25, 0.3) is 5.91 Å². The Morgan fingerprint density at radius 3 is 2.38 bits per heavy atom. The van der Waals surface area contributed by atoms with Crippen LogP contribution in [0.4, 0.5) is 5.69 Å². The van der Waals surface area contributed by atoms with Crippen molar-refractivity contribution in [1.29, 1.82) is 0 Å². The fourth-order valence-corrected chi connectivity index (χ4v) is 2.61. The summed E-state index contributed by atoms with van der Waals surface area (Å²) in [5, 5.41) is 7.25. The summed E-state index contributed by atoms with van der Waals surface area (Å²) in [6, 6.07) is 12.7. The zero-order valence-electron chi connectivity index (χ0n) is 15.4. The number of benzene rings is 1. The molecule has 3 aromatic rings. The van der Waals surface area contributed by atoms with Gasteiger partial charge in [0, 0.05) is 11.3 Å². The highest BCUT2D eigenvalue weighted by atomic mass is 16.5. The van der Waals surface area contributed by atoms with Gasteiger partial charge in [0.2, 0.25) is 0 Å². The highest BCUT2D eigenvalue weighted by Gasteiger charge is 2.09. The standard InChI is InChI=1S/C20H22N4O2/c1-13(2)26-18-8-5-16(6-9-18)20(25)22-17-7-10-19(21-12-17)24-15(4)11-14(3)23-24/h5-13H,1-4H3,(H,22,25). The zero-order chi connectivity index (χ0) is 18.7. The first kappa shape index (κ1) is 17.7. The lowest BCUT2D eigenvalue weighted by molar-refractivity contribution is 0.102. The minimum atomic E-state index is -0.193. The van der Waals surface area contributed by atoms with Crippen molar-refractivity contribution < 1.29 is 9.53 Å². The number of nitrogens with zero attached hydrogens (tertiary/aromatic N) is 3. The van der Waals surface area contributed by atoms with Crippen LogP contribution in [0.2, 0.25) is 0 Å². The molecule has 0 radical (unpaired) electrons. The lowest BCUT2D eigenvalue weighted by atomic mass is 10.2. The van der Waals surface area contributed by atoms with Gasteiger partial charge in [0.1, 0.15) is 5.75 Å². The Balaban J connectivity index is 1.68. The molecule has 0 unspecified atom stereocenters. The van der Waals surface area contributed by atoms with Gasteiger partial charge < -0.3 is 10.1 Å². The van der Waals surface area contributed by atoms with Crippen molar-refractivity contribution in [2.24, 2.45) is 0 Å². The Bertz CT molecular complexity index is 897. The Kier molecular flexibility index (Phi) is 5.02. The molecule has 0 saturated heterocycles. The SMILES string of the molecule is Cc1cc(C)n(-c2ccc(NC(=O)c3ccc(OC(C)C)cc3)cn2)n1. The van der Waals surface area contributed by atoms with Gasteiger partial charge in [0.05, 0.1) is 23.7 Å². The summed E-state index contributed by atoms with van der Waals surface area (Å²) in [7, 11) is 0. The van der Waals surface area contributed by atoms with Gasteiger partial charge >= 0.3 is 0 Å². The van der Waals surface area contributed by atoms with E-state index < -0.39 is 0 Å². The summed E-state index contributed by atoms with van der Waals surface area (Å²) in [4.78, 5) is 16.7. The minimum Gasteiger partial charge on any atom is -0.491 e. The van der Waals surface area contributed by atoms with E-state index in [1.165, 1.54) is 0 Å². The first-order chi connectivity index (χ1) is 12.4. The van der Waals surface area contributed by atoms with Crippen molar-refractivity contribution >= 4 is 11.6 Å². The second-order valence-electron chi connectivity index (χ2n) is 6.39. The molecule has 1 aromatic carbocycles. The molecule has 0 spiro atoms. The fourth-order valence-electron chi connectivity index (χ4n) is 2.61. The molecule has 0 aliphatic rings. The van der Waals surface area contributed by atoms with Gasteiger partial charge in [-0.1, -0.05) is 0 Å². The summed E-state index contributed by atoms with van der Waals surface area (Å²) in [5.41, 5.74) is 3.13. The number of pyridine rings is 1. The van der Waals surface area contributed by atoms with E-state index in [0.29, 0.717) is 17.1 Å². The molecule has 0 atom stereocenters. The van der Waals surface area contributed by atoms with Crippen LogP contribution in [0.5, 0.6) is 5.75 Å². The Morgan fingerprint density at radius 2 is 1.85 bits per heavy atom. The largest absolute Gasteiger partial charge is 0.491 e. The Morgan fingerprint density at radius 1 is 1.12 bits per heavy atom. The maximum Gasteiger partial charge on any atom is 0.255 e. The average molecular weight is 350 g/mol. The minimum absolute atomic E-state index is 0.0986. The number of amides is 1. The number of aromatic nitrogens is 3. The summed E-state index contributed by atoms with van der Waals surface area (Å²) < 4.78 is 7.36. The van der Waals surface area contributed by atoms with Crippen molar-refractivity contribution in [3.8, 4) is 11.6 Å². The third-order valence-corrected chi connectivity index (χ3v) is 3.72. The molecule has 0 bridgehead atoms. The van der Waals surface area contributed by atoms with Gasteiger partial charge in [-0.15, -0.1) is 0 Å². The van der Waals surface area contributed by atoms with E-state index in [4.69, 9.17) is 4.74 Å². The van der Waals surface area contributed by atoms with E-state index in [-0.39, 0.29) is 12.0 Å². The fraction of sp³-hybridized carbons (Fsp3) is 0.250. The van der Waals surface area contributed by atoms with E-state index in [1.807, 2.05) is 45.9 Å². The maximum atomic E-state index is 12.4. The van der Waals surface area contributed by atoms with Crippen LogP contribution in [0.3, 0.4) is 0 Å². The first-order valence-electron chi connectivity index (χ1n) is 8.50. The number of hydrogen-bond donors (Lipinski definition) is 1. The third-order valence-electron chi connectivity index (χ3n) is 3.72. The second-order valence-corrected chi connectivity index (χ2v) is 6.39. The number of rotatable bonds is 5. The highest BCUT2D eigenvalue weighted by molar-refractivity contribution is 6.04. The molecule has 3 rings (SSSR count). The van der Waals surface area contributed by atoms with Crippen LogP contribution in [-0.2, 0) is 0 Å². The van der Waals surface area contributed by atoms with Crippen molar-refractivity contribution in [3.05, 3.63) is 65.6 Å². The predicted molar refractivity (Wildman–Crippen MR) is 101 cm³/mol. The Labute approximate surface area is 152 Å². The van der Waals surface area contributed by atoms with Crippen LogP contribution < -0.4 is 10.1 Å². The summed E-state index contributed by atoms with van der Waals surface area (Å²) in [6.45, 7) is 7.84. The number of nitrogens with one attached hydrogen (secondary N) is 1. The lowest BCUT2D eigenvalue weighted by Gasteiger charge is -2.10. The van der Waals surface area contributed by atoms with Crippen LogP contribution in [0.1, 0.15) is 35.6 Å². The summed E-state index contributed by atoms with van der Waals surface area (Å²) in [6.07, 6.45) is 1.72. The van der Waals surface area contributed by atoms with Crippen LogP contribution in [-0.4, -0.2) is 26.8 Å². The number of aryl methyl sites for hydroxylation is 2. The van der Waals surface area contributed by atoms with Crippen LogP contribution in [0.25, 0.3) is 5.82 Å².